The maximum absolute atomic E-state index is 9.49. The van der Waals surface area contributed by atoms with E-state index in [1.807, 2.05) is 18.2 Å². The first-order valence-electron chi connectivity index (χ1n) is 3.67. The monoisotopic (exact) mass is 168 g/mol. The molecule has 1 aromatic rings. The molecule has 0 aliphatic rings. The van der Waals surface area contributed by atoms with E-state index in [2.05, 4.69) is 0 Å². The van der Waals surface area contributed by atoms with Crippen molar-refractivity contribution in [1.29, 1.82) is 0 Å². The molecule has 0 fully saturated rings. The highest BCUT2D eigenvalue weighted by Crippen LogP contribution is 2.00. The van der Waals surface area contributed by atoms with E-state index in [1.54, 1.807) is 19.1 Å². The second-order valence-corrected chi connectivity index (χ2v) is 5.45. The lowest BCUT2D eigenvalue weighted by molar-refractivity contribution is 0.382. The molecule has 1 rings (SSSR count). The van der Waals surface area contributed by atoms with Crippen molar-refractivity contribution in [3.8, 4) is 0 Å². The zero-order valence-electron chi connectivity index (χ0n) is 6.49. The maximum Gasteiger partial charge on any atom is 0.366 e. The van der Waals surface area contributed by atoms with Crippen LogP contribution in [0.25, 0.3) is 0 Å². The largest absolute Gasteiger partial charge is 0.407 e. The van der Waals surface area contributed by atoms with Crippen LogP contribution < -0.4 is 5.19 Å². The van der Waals surface area contributed by atoms with Crippen molar-refractivity contribution >= 4 is 13.7 Å². The minimum atomic E-state index is -3.05. The van der Waals surface area contributed by atoms with Crippen molar-refractivity contribution in [3.63, 3.8) is 0 Å². The normalized spacial score (nSPS) is 11.5. The minimum absolute atomic E-state index is 0.441. The van der Waals surface area contributed by atoms with Gasteiger partial charge < -0.3 is 9.59 Å². The third-order valence-electron chi connectivity index (χ3n) is 1.73. The van der Waals surface area contributed by atoms with Crippen LogP contribution in [0.3, 0.4) is 0 Å². The van der Waals surface area contributed by atoms with E-state index in [0.717, 1.165) is 0 Å². The average Bonchev–Trinajstić information content (AvgIpc) is 2.06. The van der Waals surface area contributed by atoms with E-state index in [4.69, 9.17) is 0 Å². The van der Waals surface area contributed by atoms with E-state index in [9.17, 15) is 9.59 Å². The van der Waals surface area contributed by atoms with Gasteiger partial charge in [0.1, 0.15) is 0 Å². The van der Waals surface area contributed by atoms with Crippen molar-refractivity contribution < 1.29 is 9.59 Å². The van der Waals surface area contributed by atoms with E-state index in [-0.39, 0.29) is 0 Å². The average molecular weight is 168 g/mol. The highest BCUT2D eigenvalue weighted by Gasteiger charge is 2.28. The summed E-state index contributed by atoms with van der Waals surface area (Å²) in [4.78, 5) is 19.0. The summed E-state index contributed by atoms with van der Waals surface area (Å²) in [6.07, 6.45) is 0. The first-order valence-corrected chi connectivity index (χ1v) is 5.77. The van der Waals surface area contributed by atoms with Gasteiger partial charge in [0.25, 0.3) is 0 Å². The lowest BCUT2D eigenvalue weighted by atomic mass is 10.4. The quantitative estimate of drug-likeness (QED) is 0.625. The molecule has 0 unspecified atom stereocenters. The van der Waals surface area contributed by atoms with Crippen LogP contribution in [0.1, 0.15) is 6.92 Å². The molecule has 0 amide bonds. The second-order valence-electron chi connectivity index (χ2n) is 2.54. The SMILES string of the molecule is CC[Si](O)(O)c1ccccc1. The fourth-order valence-electron chi connectivity index (χ4n) is 0.909. The van der Waals surface area contributed by atoms with Gasteiger partial charge in [-0.3, -0.25) is 0 Å². The molecule has 0 saturated carbocycles. The van der Waals surface area contributed by atoms with Gasteiger partial charge in [0.05, 0.1) is 0 Å². The van der Waals surface area contributed by atoms with Crippen molar-refractivity contribution in [1.82, 2.24) is 0 Å². The van der Waals surface area contributed by atoms with Crippen LogP contribution in [0.4, 0.5) is 0 Å². The lowest BCUT2D eigenvalue weighted by Crippen LogP contribution is -2.47. The number of rotatable bonds is 2. The highest BCUT2D eigenvalue weighted by molar-refractivity contribution is 6.78. The standard InChI is InChI=1S/C8H12O2Si/c1-2-11(9,10)8-6-4-3-5-7-8/h3-7,9-10H,2H2,1H3. The summed E-state index contributed by atoms with van der Waals surface area (Å²) in [5, 5.41) is 0.683. The Morgan fingerprint density at radius 3 is 2.18 bits per heavy atom. The smallest absolute Gasteiger partial charge is 0.366 e. The first-order chi connectivity index (χ1) is 5.17. The molecule has 0 bridgehead atoms. The third kappa shape index (κ3) is 1.89. The zero-order valence-corrected chi connectivity index (χ0v) is 7.49. The van der Waals surface area contributed by atoms with E-state index < -0.39 is 8.56 Å². The van der Waals surface area contributed by atoms with Gasteiger partial charge >= 0.3 is 8.56 Å². The molecule has 0 heterocycles. The van der Waals surface area contributed by atoms with Gasteiger partial charge in [-0.15, -0.1) is 0 Å². The summed E-state index contributed by atoms with van der Waals surface area (Å²) >= 11 is 0. The molecule has 3 heteroatoms. The highest BCUT2D eigenvalue weighted by atomic mass is 28.4. The van der Waals surface area contributed by atoms with Gasteiger partial charge in [-0.2, -0.15) is 0 Å². The van der Waals surface area contributed by atoms with Crippen LogP contribution in [0.2, 0.25) is 6.04 Å². The molecule has 60 valence electrons. The van der Waals surface area contributed by atoms with Crippen molar-refractivity contribution in [2.24, 2.45) is 0 Å². The fraction of sp³-hybridized carbons (Fsp3) is 0.250. The molecule has 11 heavy (non-hydrogen) atoms. The minimum Gasteiger partial charge on any atom is -0.407 e. The summed E-state index contributed by atoms with van der Waals surface area (Å²) in [6.45, 7) is 1.79. The molecule has 0 aliphatic carbocycles. The summed E-state index contributed by atoms with van der Waals surface area (Å²) in [5.41, 5.74) is 0. The van der Waals surface area contributed by atoms with Gasteiger partial charge in [-0.25, -0.2) is 0 Å². The van der Waals surface area contributed by atoms with Crippen molar-refractivity contribution in [2.45, 2.75) is 13.0 Å². The van der Waals surface area contributed by atoms with Crippen LogP contribution in [-0.2, 0) is 0 Å². The van der Waals surface area contributed by atoms with Gasteiger partial charge in [0, 0.05) is 0 Å². The Hall–Kier alpha value is -0.643. The molecule has 0 spiro atoms. The molecule has 0 atom stereocenters. The van der Waals surface area contributed by atoms with Gasteiger partial charge in [-0.05, 0) is 11.2 Å². The van der Waals surface area contributed by atoms with Gasteiger partial charge in [-0.1, -0.05) is 37.3 Å². The number of hydrogen-bond acceptors (Lipinski definition) is 2. The van der Waals surface area contributed by atoms with Crippen LogP contribution in [0.5, 0.6) is 0 Å². The van der Waals surface area contributed by atoms with Crippen LogP contribution in [0.15, 0.2) is 30.3 Å². The molecule has 1 aromatic carbocycles. The molecule has 0 aromatic heterocycles. The fourth-order valence-corrected chi connectivity index (χ4v) is 2.04. The van der Waals surface area contributed by atoms with Gasteiger partial charge in [0.15, 0.2) is 0 Å². The Balaban J connectivity index is 2.93. The summed E-state index contributed by atoms with van der Waals surface area (Å²) in [5.74, 6) is 0. The second kappa shape index (κ2) is 3.17. The molecule has 2 nitrogen and oxygen atoms in total. The van der Waals surface area contributed by atoms with E-state index in [1.165, 1.54) is 0 Å². The molecule has 0 radical (unpaired) electrons. The van der Waals surface area contributed by atoms with E-state index >= 15 is 0 Å². The van der Waals surface area contributed by atoms with E-state index in [0.29, 0.717) is 11.2 Å². The lowest BCUT2D eigenvalue weighted by Gasteiger charge is -2.14. The Kier molecular flexibility index (Phi) is 2.44. The summed E-state index contributed by atoms with van der Waals surface area (Å²) < 4.78 is 0. The predicted molar refractivity (Wildman–Crippen MR) is 46.7 cm³/mol. The summed E-state index contributed by atoms with van der Waals surface area (Å²) in [6, 6.07) is 9.46. The first kappa shape index (κ1) is 8.45. The van der Waals surface area contributed by atoms with Crippen LogP contribution in [-0.4, -0.2) is 18.2 Å². The number of hydrogen-bond donors (Lipinski definition) is 2. The Labute approximate surface area is 67.4 Å². The summed E-state index contributed by atoms with van der Waals surface area (Å²) in [7, 11) is -3.05. The maximum atomic E-state index is 9.49. The van der Waals surface area contributed by atoms with Crippen molar-refractivity contribution in [3.05, 3.63) is 30.3 Å². The van der Waals surface area contributed by atoms with Crippen LogP contribution in [0, 0.1) is 0 Å². The van der Waals surface area contributed by atoms with Gasteiger partial charge in [0.2, 0.25) is 0 Å². The zero-order chi connectivity index (χ0) is 8.32. The Bertz CT molecular complexity index is 221. The van der Waals surface area contributed by atoms with Crippen molar-refractivity contribution in [2.75, 3.05) is 0 Å². The third-order valence-corrected chi connectivity index (χ3v) is 3.97. The predicted octanol–water partition coefficient (Wildman–Crippen LogP) is 0.340. The molecular weight excluding hydrogens is 156 g/mol. The number of benzene rings is 1. The Morgan fingerprint density at radius 1 is 1.18 bits per heavy atom. The molecule has 2 N–H and O–H groups in total. The topological polar surface area (TPSA) is 40.5 Å². The Morgan fingerprint density at radius 2 is 1.73 bits per heavy atom. The van der Waals surface area contributed by atoms with Crippen LogP contribution >= 0.6 is 0 Å². The molecular formula is C8H12O2Si. The molecule has 0 aliphatic heterocycles. The molecule has 0 saturated heterocycles.